The highest BCUT2D eigenvalue weighted by Gasteiger charge is 1.85. The molecule has 0 saturated heterocycles. The van der Waals surface area contributed by atoms with Gasteiger partial charge in [-0.25, -0.2) is 0 Å². The van der Waals surface area contributed by atoms with Gasteiger partial charge in [0.05, 0.1) is 0 Å². The van der Waals surface area contributed by atoms with E-state index in [0.717, 1.165) is 6.42 Å². The molecule has 0 aromatic carbocycles. The van der Waals surface area contributed by atoms with Gasteiger partial charge in [0.2, 0.25) is 0 Å². The quantitative estimate of drug-likeness (QED) is 0.387. The van der Waals surface area contributed by atoms with Crippen LogP contribution < -0.4 is 0 Å². The summed E-state index contributed by atoms with van der Waals surface area (Å²) in [6.07, 6.45) is 13.4. The predicted molar refractivity (Wildman–Crippen MR) is 56.3 cm³/mol. The van der Waals surface area contributed by atoms with Crippen LogP contribution in [0.25, 0.3) is 0 Å². The standard InChI is InChI=1S/C12H22/c1-3-5-7-9-11-12-10-8-6-4-2/h5,9H,3-4,6,8,10-12H2,1-2H3. The van der Waals surface area contributed by atoms with E-state index in [1.165, 1.54) is 38.5 Å². The minimum Gasteiger partial charge on any atom is -0.130 e. The molecule has 70 valence electrons. The van der Waals surface area contributed by atoms with E-state index in [1.54, 1.807) is 0 Å². The summed E-state index contributed by atoms with van der Waals surface area (Å²) in [5.41, 5.74) is 3.18. The van der Waals surface area contributed by atoms with E-state index in [9.17, 15) is 0 Å². The van der Waals surface area contributed by atoms with Crippen LogP contribution in [-0.2, 0) is 0 Å². The average Bonchev–Trinajstić information content (AvgIpc) is 2.10. The summed E-state index contributed by atoms with van der Waals surface area (Å²) >= 11 is 0. The second kappa shape index (κ2) is 10.5. The highest BCUT2D eigenvalue weighted by molar-refractivity contribution is 4.83. The van der Waals surface area contributed by atoms with Crippen LogP contribution in [0.1, 0.15) is 58.8 Å². The van der Waals surface area contributed by atoms with E-state index in [-0.39, 0.29) is 0 Å². The maximum absolute atomic E-state index is 3.18. The summed E-state index contributed by atoms with van der Waals surface area (Å²) in [7, 11) is 0. The molecule has 0 N–H and O–H groups in total. The number of rotatable bonds is 7. The van der Waals surface area contributed by atoms with Crippen molar-refractivity contribution in [2.75, 3.05) is 0 Å². The van der Waals surface area contributed by atoms with Gasteiger partial charge in [0, 0.05) is 0 Å². The zero-order chi connectivity index (χ0) is 9.07. The summed E-state index contributed by atoms with van der Waals surface area (Å²) < 4.78 is 0. The Labute approximate surface area is 77.4 Å². The first kappa shape index (κ1) is 11.5. The van der Waals surface area contributed by atoms with E-state index >= 15 is 0 Å². The molecule has 0 aromatic rings. The van der Waals surface area contributed by atoms with E-state index < -0.39 is 0 Å². The third-order valence-electron chi connectivity index (χ3n) is 1.89. The zero-order valence-electron chi connectivity index (χ0n) is 8.60. The first-order chi connectivity index (χ1) is 5.91. The lowest BCUT2D eigenvalue weighted by atomic mass is 10.1. The third kappa shape index (κ3) is 9.52. The molecule has 0 aromatic heterocycles. The number of hydrogen-bond acceptors (Lipinski definition) is 0. The summed E-state index contributed by atoms with van der Waals surface area (Å²) in [6, 6.07) is 0. The van der Waals surface area contributed by atoms with Gasteiger partial charge < -0.3 is 0 Å². The maximum Gasteiger partial charge on any atom is -0.0274 e. The summed E-state index contributed by atoms with van der Waals surface area (Å²) in [5.74, 6) is 0. The van der Waals surface area contributed by atoms with Crippen molar-refractivity contribution in [3.05, 3.63) is 17.9 Å². The minimum absolute atomic E-state index is 1.10. The van der Waals surface area contributed by atoms with Gasteiger partial charge in [-0.3, -0.25) is 0 Å². The van der Waals surface area contributed by atoms with Gasteiger partial charge in [0.25, 0.3) is 0 Å². The first-order valence-corrected chi connectivity index (χ1v) is 5.31. The molecular weight excluding hydrogens is 144 g/mol. The molecule has 0 saturated carbocycles. The van der Waals surface area contributed by atoms with Crippen molar-refractivity contribution in [1.29, 1.82) is 0 Å². The third-order valence-corrected chi connectivity index (χ3v) is 1.89. The van der Waals surface area contributed by atoms with Crippen LogP contribution in [0.2, 0.25) is 0 Å². The Balaban J connectivity index is 3.05. The predicted octanol–water partition coefficient (Wildman–Crippen LogP) is 4.47. The van der Waals surface area contributed by atoms with Crippen LogP contribution in [0.15, 0.2) is 17.9 Å². The van der Waals surface area contributed by atoms with Crippen molar-refractivity contribution < 1.29 is 0 Å². The lowest BCUT2D eigenvalue weighted by Crippen LogP contribution is -1.75. The molecule has 0 nitrogen and oxygen atoms in total. The van der Waals surface area contributed by atoms with Gasteiger partial charge in [-0.2, -0.15) is 0 Å². The molecule has 0 spiro atoms. The van der Waals surface area contributed by atoms with Crippen LogP contribution >= 0.6 is 0 Å². The Bertz CT molecular complexity index is 127. The molecular formula is C12H22. The van der Waals surface area contributed by atoms with Crippen molar-refractivity contribution in [3.8, 4) is 0 Å². The average molecular weight is 166 g/mol. The number of unbranched alkanes of at least 4 members (excludes halogenated alkanes) is 5. The van der Waals surface area contributed by atoms with Crippen molar-refractivity contribution in [2.24, 2.45) is 0 Å². The van der Waals surface area contributed by atoms with E-state index in [2.05, 4.69) is 31.7 Å². The van der Waals surface area contributed by atoms with Crippen LogP contribution in [0.3, 0.4) is 0 Å². The fourth-order valence-corrected chi connectivity index (χ4v) is 1.13. The topological polar surface area (TPSA) is 0 Å². The molecule has 12 heavy (non-hydrogen) atoms. The van der Waals surface area contributed by atoms with Crippen LogP contribution in [0, 0.1) is 0 Å². The Morgan fingerprint density at radius 1 is 0.917 bits per heavy atom. The lowest BCUT2D eigenvalue weighted by Gasteiger charge is -1.94. The molecule has 0 aliphatic carbocycles. The van der Waals surface area contributed by atoms with E-state index in [4.69, 9.17) is 0 Å². The van der Waals surface area contributed by atoms with Gasteiger partial charge in [-0.15, -0.1) is 5.73 Å². The van der Waals surface area contributed by atoms with Crippen LogP contribution in [0.5, 0.6) is 0 Å². The normalized spacial score (nSPS) is 9.17. The SMILES string of the molecule is CCC=C=CCCCCCCC. The summed E-state index contributed by atoms with van der Waals surface area (Å²) in [4.78, 5) is 0. The zero-order valence-corrected chi connectivity index (χ0v) is 8.60. The molecule has 0 heterocycles. The fraction of sp³-hybridized carbons (Fsp3) is 0.750. The van der Waals surface area contributed by atoms with Crippen molar-refractivity contribution in [1.82, 2.24) is 0 Å². The molecule has 0 radical (unpaired) electrons. The number of allylic oxidation sites excluding steroid dienone is 1. The fourth-order valence-electron chi connectivity index (χ4n) is 1.13. The molecule has 0 bridgehead atoms. The number of hydrogen-bond donors (Lipinski definition) is 0. The molecule has 0 aliphatic heterocycles. The van der Waals surface area contributed by atoms with Crippen molar-refractivity contribution >= 4 is 0 Å². The maximum atomic E-state index is 3.18. The van der Waals surface area contributed by atoms with Gasteiger partial charge in [-0.1, -0.05) is 39.5 Å². The Hall–Kier alpha value is -0.480. The van der Waals surface area contributed by atoms with Crippen LogP contribution in [-0.4, -0.2) is 0 Å². The molecule has 0 fully saturated rings. The lowest BCUT2D eigenvalue weighted by molar-refractivity contribution is 0.637. The Kier molecular flexibility index (Phi) is 10.1. The van der Waals surface area contributed by atoms with E-state index in [0.29, 0.717) is 0 Å². The molecule has 0 unspecified atom stereocenters. The van der Waals surface area contributed by atoms with Gasteiger partial charge in [-0.05, 0) is 31.4 Å². The van der Waals surface area contributed by atoms with E-state index in [1.807, 2.05) is 0 Å². The highest BCUT2D eigenvalue weighted by atomic mass is 13.9. The van der Waals surface area contributed by atoms with Gasteiger partial charge in [0.1, 0.15) is 0 Å². The second-order valence-corrected chi connectivity index (χ2v) is 3.19. The second-order valence-electron chi connectivity index (χ2n) is 3.19. The monoisotopic (exact) mass is 166 g/mol. The highest BCUT2D eigenvalue weighted by Crippen LogP contribution is 2.04. The van der Waals surface area contributed by atoms with Crippen LogP contribution in [0.4, 0.5) is 0 Å². The smallest absolute Gasteiger partial charge is 0.0274 e. The largest absolute Gasteiger partial charge is 0.130 e. The molecule has 0 heteroatoms. The van der Waals surface area contributed by atoms with Crippen molar-refractivity contribution in [3.63, 3.8) is 0 Å². The summed E-state index contributed by atoms with van der Waals surface area (Å²) in [5, 5.41) is 0. The molecule has 0 amide bonds. The Morgan fingerprint density at radius 2 is 1.67 bits per heavy atom. The molecule has 0 aliphatic rings. The Morgan fingerprint density at radius 3 is 2.33 bits per heavy atom. The first-order valence-electron chi connectivity index (χ1n) is 5.31. The molecule has 0 rings (SSSR count). The van der Waals surface area contributed by atoms with Crippen molar-refractivity contribution in [2.45, 2.75) is 58.8 Å². The minimum atomic E-state index is 1.10. The molecule has 0 atom stereocenters. The van der Waals surface area contributed by atoms with Gasteiger partial charge >= 0.3 is 0 Å². The van der Waals surface area contributed by atoms with Gasteiger partial charge in [0.15, 0.2) is 0 Å². The summed E-state index contributed by atoms with van der Waals surface area (Å²) in [6.45, 7) is 4.39.